The molecule has 0 aliphatic rings. The highest BCUT2D eigenvalue weighted by Gasteiger charge is 2.18. The number of carbonyl (C=O) groups is 1. The lowest BCUT2D eigenvalue weighted by Crippen LogP contribution is -2.14. The first-order valence-corrected chi connectivity index (χ1v) is 4.04. The molecule has 4 nitrogen and oxygen atoms in total. The molecular formula is C6H5BrF2N2O2. The Hall–Kier alpha value is -0.980. The lowest BCUT2D eigenvalue weighted by Gasteiger charge is -2.02. The first kappa shape index (κ1) is 10.1. The number of carboxylic acid groups (broad SMARTS) is 1. The molecule has 1 heterocycles. The molecule has 0 saturated heterocycles. The number of nitrogens with zero attached hydrogens (tertiary/aromatic N) is 2. The van der Waals surface area contributed by atoms with Crippen LogP contribution >= 0.6 is 15.9 Å². The lowest BCUT2D eigenvalue weighted by molar-refractivity contribution is 0.0670. The highest BCUT2D eigenvalue weighted by atomic mass is 79.9. The first-order chi connectivity index (χ1) is 6.02. The molecule has 0 spiro atoms. The molecule has 1 aromatic rings. The standard InChI is InChI=1S/C6H5BrF2N2O2/c7-3-1-10-11(2-4(8)9)5(3)6(12)13/h1,4H,2H2,(H,12,13). The molecule has 1 aromatic heterocycles. The van der Waals surface area contributed by atoms with Gasteiger partial charge in [0.25, 0.3) is 6.43 Å². The average Bonchev–Trinajstić information content (AvgIpc) is 2.30. The Morgan fingerprint density at radius 3 is 2.85 bits per heavy atom. The van der Waals surface area contributed by atoms with E-state index in [-0.39, 0.29) is 10.2 Å². The zero-order valence-electron chi connectivity index (χ0n) is 6.25. The zero-order chi connectivity index (χ0) is 10.0. The summed E-state index contributed by atoms with van der Waals surface area (Å²) in [5.41, 5.74) is -0.264. The molecule has 0 radical (unpaired) electrons. The van der Waals surface area contributed by atoms with Gasteiger partial charge in [0.15, 0.2) is 5.69 Å². The van der Waals surface area contributed by atoms with Gasteiger partial charge in [0.1, 0.15) is 6.54 Å². The summed E-state index contributed by atoms with van der Waals surface area (Å²) >= 11 is 2.90. The highest BCUT2D eigenvalue weighted by molar-refractivity contribution is 9.10. The minimum atomic E-state index is -2.62. The maximum absolute atomic E-state index is 11.9. The Kier molecular flexibility index (Phi) is 2.97. The van der Waals surface area contributed by atoms with Gasteiger partial charge >= 0.3 is 5.97 Å². The van der Waals surface area contributed by atoms with Crippen molar-refractivity contribution < 1.29 is 18.7 Å². The van der Waals surface area contributed by atoms with Crippen LogP contribution in [0, 0.1) is 0 Å². The number of hydrogen-bond donors (Lipinski definition) is 1. The van der Waals surface area contributed by atoms with Crippen molar-refractivity contribution in [1.29, 1.82) is 0 Å². The Bertz CT molecular complexity index is 326. The second-order valence-corrected chi connectivity index (χ2v) is 3.07. The van der Waals surface area contributed by atoms with Gasteiger partial charge in [-0.1, -0.05) is 0 Å². The zero-order valence-corrected chi connectivity index (χ0v) is 7.83. The normalized spacial score (nSPS) is 10.8. The van der Waals surface area contributed by atoms with Gasteiger partial charge in [0, 0.05) is 0 Å². The van der Waals surface area contributed by atoms with Crippen molar-refractivity contribution in [1.82, 2.24) is 9.78 Å². The lowest BCUT2D eigenvalue weighted by atomic mass is 10.4. The molecule has 1 N–H and O–H groups in total. The van der Waals surface area contributed by atoms with Crippen molar-refractivity contribution in [3.8, 4) is 0 Å². The van der Waals surface area contributed by atoms with Gasteiger partial charge in [-0.05, 0) is 15.9 Å². The summed E-state index contributed by atoms with van der Waals surface area (Å²) in [4.78, 5) is 10.5. The fourth-order valence-electron chi connectivity index (χ4n) is 0.844. The van der Waals surface area contributed by atoms with E-state index in [1.807, 2.05) is 0 Å². The molecule has 0 aromatic carbocycles. The Labute approximate surface area is 80.3 Å². The maximum Gasteiger partial charge on any atom is 0.355 e. The van der Waals surface area contributed by atoms with Crippen LogP contribution in [0.5, 0.6) is 0 Å². The Morgan fingerprint density at radius 2 is 2.38 bits per heavy atom. The number of rotatable bonds is 3. The third-order valence-corrected chi connectivity index (χ3v) is 1.89. The molecule has 13 heavy (non-hydrogen) atoms. The number of aromatic carboxylic acids is 1. The minimum Gasteiger partial charge on any atom is -0.476 e. The van der Waals surface area contributed by atoms with Crippen molar-refractivity contribution in [2.24, 2.45) is 0 Å². The van der Waals surface area contributed by atoms with Gasteiger partial charge in [-0.25, -0.2) is 13.6 Å². The maximum atomic E-state index is 11.9. The summed E-state index contributed by atoms with van der Waals surface area (Å²) in [6, 6.07) is 0. The topological polar surface area (TPSA) is 55.1 Å². The molecular weight excluding hydrogens is 250 g/mol. The van der Waals surface area contributed by atoms with Crippen LogP contribution in [0.1, 0.15) is 10.5 Å². The van der Waals surface area contributed by atoms with Crippen LogP contribution in [-0.4, -0.2) is 27.3 Å². The minimum absolute atomic E-state index is 0.195. The molecule has 0 saturated carbocycles. The van der Waals surface area contributed by atoms with Crippen LogP contribution in [0.3, 0.4) is 0 Å². The second-order valence-electron chi connectivity index (χ2n) is 2.22. The van der Waals surface area contributed by atoms with Crippen LogP contribution < -0.4 is 0 Å². The third-order valence-electron chi connectivity index (χ3n) is 1.31. The van der Waals surface area contributed by atoms with E-state index < -0.39 is 18.9 Å². The first-order valence-electron chi connectivity index (χ1n) is 3.25. The number of alkyl halides is 2. The molecule has 0 fully saturated rings. The molecule has 0 bridgehead atoms. The van der Waals surface area contributed by atoms with Crippen molar-refractivity contribution in [3.63, 3.8) is 0 Å². The molecule has 0 atom stereocenters. The van der Waals surface area contributed by atoms with Crippen molar-refractivity contribution in [2.75, 3.05) is 0 Å². The average molecular weight is 255 g/mol. The molecule has 0 aliphatic carbocycles. The number of carboxylic acids is 1. The van der Waals surface area contributed by atoms with E-state index in [4.69, 9.17) is 5.11 Å². The van der Waals surface area contributed by atoms with E-state index in [9.17, 15) is 13.6 Å². The Balaban J connectivity index is 3.00. The van der Waals surface area contributed by atoms with Crippen LogP contribution in [0.25, 0.3) is 0 Å². The van der Waals surface area contributed by atoms with E-state index in [1.54, 1.807) is 0 Å². The number of hydrogen-bond acceptors (Lipinski definition) is 2. The van der Waals surface area contributed by atoms with Gasteiger partial charge in [-0.15, -0.1) is 0 Å². The van der Waals surface area contributed by atoms with Crippen LogP contribution in [-0.2, 0) is 6.54 Å². The number of halogens is 3. The molecule has 0 amide bonds. The van der Waals surface area contributed by atoms with E-state index in [0.29, 0.717) is 0 Å². The molecule has 72 valence electrons. The summed E-state index contributed by atoms with van der Waals surface area (Å²) in [6.45, 7) is -0.715. The van der Waals surface area contributed by atoms with Gasteiger partial charge in [-0.3, -0.25) is 4.68 Å². The van der Waals surface area contributed by atoms with Crippen LogP contribution in [0.4, 0.5) is 8.78 Å². The third kappa shape index (κ3) is 2.24. The highest BCUT2D eigenvalue weighted by Crippen LogP contribution is 2.16. The van der Waals surface area contributed by atoms with Gasteiger partial charge in [-0.2, -0.15) is 5.10 Å². The monoisotopic (exact) mass is 254 g/mol. The molecule has 0 unspecified atom stereocenters. The van der Waals surface area contributed by atoms with E-state index >= 15 is 0 Å². The van der Waals surface area contributed by atoms with Crippen molar-refractivity contribution in [3.05, 3.63) is 16.4 Å². The summed E-state index contributed by atoms with van der Waals surface area (Å²) in [5.74, 6) is -1.29. The van der Waals surface area contributed by atoms with Gasteiger partial charge in [0.05, 0.1) is 10.7 Å². The number of aromatic nitrogens is 2. The predicted molar refractivity (Wildman–Crippen MR) is 42.9 cm³/mol. The summed E-state index contributed by atoms with van der Waals surface area (Å²) in [7, 11) is 0. The second kappa shape index (κ2) is 3.82. The van der Waals surface area contributed by atoms with Crippen molar-refractivity contribution >= 4 is 21.9 Å². The van der Waals surface area contributed by atoms with Crippen LogP contribution in [0.2, 0.25) is 0 Å². The van der Waals surface area contributed by atoms with E-state index in [1.165, 1.54) is 6.20 Å². The summed E-state index contributed by atoms with van der Waals surface area (Å²) < 4.78 is 24.8. The fourth-order valence-corrected chi connectivity index (χ4v) is 1.31. The van der Waals surface area contributed by atoms with Gasteiger partial charge in [0.2, 0.25) is 0 Å². The molecule has 7 heteroatoms. The van der Waals surface area contributed by atoms with E-state index in [2.05, 4.69) is 21.0 Å². The Morgan fingerprint density at radius 1 is 1.77 bits per heavy atom. The largest absolute Gasteiger partial charge is 0.476 e. The molecule has 0 aliphatic heterocycles. The molecule has 1 rings (SSSR count). The van der Waals surface area contributed by atoms with Crippen LogP contribution in [0.15, 0.2) is 10.7 Å². The van der Waals surface area contributed by atoms with Crippen molar-refractivity contribution in [2.45, 2.75) is 13.0 Å². The smallest absolute Gasteiger partial charge is 0.355 e. The van der Waals surface area contributed by atoms with E-state index in [0.717, 1.165) is 4.68 Å². The fraction of sp³-hybridized carbons (Fsp3) is 0.333. The quantitative estimate of drug-likeness (QED) is 0.892. The van der Waals surface area contributed by atoms with Gasteiger partial charge < -0.3 is 5.11 Å². The summed E-state index contributed by atoms with van der Waals surface area (Å²) in [5, 5.41) is 12.1. The predicted octanol–water partition coefficient (Wildman–Crippen LogP) is 1.61. The summed E-state index contributed by atoms with van der Waals surface area (Å²) in [6.07, 6.45) is -1.45. The SMILES string of the molecule is O=C(O)c1c(Br)cnn1CC(F)F.